The van der Waals surface area contributed by atoms with E-state index in [0.29, 0.717) is 28.2 Å². The molecule has 212 valence electrons. The van der Waals surface area contributed by atoms with Gasteiger partial charge in [0.2, 0.25) is 0 Å². The van der Waals surface area contributed by atoms with Crippen LogP contribution in [0.1, 0.15) is 32.8 Å². The van der Waals surface area contributed by atoms with E-state index in [4.69, 9.17) is 19.1 Å². The average Bonchev–Trinajstić information content (AvgIpc) is 3.61. The number of benzene rings is 1. The van der Waals surface area contributed by atoms with Gasteiger partial charge >= 0.3 is 5.97 Å². The highest BCUT2D eigenvalue weighted by Gasteiger charge is 2.29. The number of carbonyl (C=O) groups is 1. The molecule has 0 saturated carbocycles. The summed E-state index contributed by atoms with van der Waals surface area (Å²) in [6, 6.07) is 11.5. The van der Waals surface area contributed by atoms with E-state index in [-0.39, 0.29) is 40.2 Å². The molecule has 11 nitrogen and oxygen atoms in total. The quantitative estimate of drug-likeness (QED) is 0.249. The molecule has 0 bridgehead atoms. The second kappa shape index (κ2) is 10.8. The number of nitrogens with one attached hydrogen (secondary N) is 1. The number of fused-ring (bicyclic) bond motifs is 1. The van der Waals surface area contributed by atoms with Crippen molar-refractivity contribution in [1.82, 2.24) is 23.9 Å². The summed E-state index contributed by atoms with van der Waals surface area (Å²) in [6.45, 7) is 7.90. The number of anilines is 1. The van der Waals surface area contributed by atoms with Crippen molar-refractivity contribution in [2.75, 3.05) is 12.4 Å². The minimum Gasteiger partial charge on any atom is -0.469 e. The van der Waals surface area contributed by atoms with Gasteiger partial charge in [-0.25, -0.2) is 32.3 Å². The molecule has 41 heavy (non-hydrogen) atoms. The highest BCUT2D eigenvalue weighted by atomic mass is 32.2. The van der Waals surface area contributed by atoms with Crippen molar-refractivity contribution in [3.8, 4) is 22.8 Å². The van der Waals surface area contributed by atoms with E-state index in [9.17, 15) is 13.2 Å². The van der Waals surface area contributed by atoms with Crippen LogP contribution < -0.4 is 5.32 Å². The van der Waals surface area contributed by atoms with E-state index in [1.165, 1.54) is 32.1 Å². The third-order valence-electron chi connectivity index (χ3n) is 6.72. The Bertz CT molecular complexity index is 1810. The van der Waals surface area contributed by atoms with Crippen LogP contribution in [0.15, 0.2) is 76.8 Å². The van der Waals surface area contributed by atoms with Crippen LogP contribution in [0, 0.1) is 12.3 Å². The van der Waals surface area contributed by atoms with Gasteiger partial charge in [-0.3, -0.25) is 4.79 Å². The van der Waals surface area contributed by atoms with Crippen LogP contribution in [0.4, 0.5) is 5.82 Å². The number of ether oxygens (including phenoxy) is 1. The predicted octanol–water partition coefficient (Wildman–Crippen LogP) is 5.08. The summed E-state index contributed by atoms with van der Waals surface area (Å²) < 4.78 is 39.1. The summed E-state index contributed by atoms with van der Waals surface area (Å²) in [5, 5.41) is 3.81. The molecule has 5 rings (SSSR count). The van der Waals surface area contributed by atoms with Gasteiger partial charge in [0.15, 0.2) is 17.2 Å². The normalized spacial score (nSPS) is 12.8. The summed E-state index contributed by atoms with van der Waals surface area (Å²) in [5.41, 5.74) is 1.67. The number of carbonyl (C=O) groups excluding carboxylic acids is 1. The largest absolute Gasteiger partial charge is 0.469 e. The van der Waals surface area contributed by atoms with Gasteiger partial charge in [0.1, 0.15) is 17.8 Å². The van der Waals surface area contributed by atoms with E-state index < -0.39 is 10.0 Å². The molecule has 0 aliphatic rings. The lowest BCUT2D eigenvalue weighted by Gasteiger charge is -2.31. The number of esters is 1. The molecular formula is C29H30N6O5S. The molecule has 0 aliphatic heterocycles. The molecule has 12 heteroatoms. The molecule has 0 spiro atoms. The Kier molecular flexibility index (Phi) is 7.35. The van der Waals surface area contributed by atoms with Gasteiger partial charge in [-0.1, -0.05) is 38.5 Å². The first-order valence-electron chi connectivity index (χ1n) is 12.9. The number of aryl methyl sites for hydroxylation is 1. The molecule has 4 heterocycles. The fourth-order valence-corrected chi connectivity index (χ4v) is 5.64. The van der Waals surface area contributed by atoms with Crippen molar-refractivity contribution in [3.05, 3.63) is 73.0 Å². The molecule has 0 saturated heterocycles. The van der Waals surface area contributed by atoms with Crippen LogP contribution in [-0.2, 0) is 19.6 Å². The average molecular weight is 575 g/mol. The standard InChI is InChI=1S/C29H30N6O5S/c1-18-8-10-19(11-9-18)41(37,38)35-16-21(20-15-30-17-31-28(20)35)27-32-22(23-7-6-12-40-23)13-25(34-27)33-24(29(2,3)4)14-26(36)39-5/h6-13,15-17,24H,14H2,1-5H3,(H,32,33,34). The van der Waals surface area contributed by atoms with Crippen LogP contribution in [0.2, 0.25) is 0 Å². The van der Waals surface area contributed by atoms with E-state index in [1.54, 1.807) is 42.5 Å². The maximum absolute atomic E-state index is 13.7. The first kappa shape index (κ1) is 28.0. The highest BCUT2D eigenvalue weighted by Crippen LogP contribution is 2.33. The van der Waals surface area contributed by atoms with Gasteiger partial charge in [0.05, 0.1) is 24.7 Å². The number of hydrogen-bond donors (Lipinski definition) is 1. The summed E-state index contributed by atoms with van der Waals surface area (Å²) in [5.74, 6) is 0.776. The molecule has 0 radical (unpaired) electrons. The van der Waals surface area contributed by atoms with E-state index >= 15 is 0 Å². The zero-order valence-corrected chi connectivity index (χ0v) is 24.1. The maximum Gasteiger partial charge on any atom is 0.307 e. The summed E-state index contributed by atoms with van der Waals surface area (Å²) in [6.07, 6.45) is 5.92. The van der Waals surface area contributed by atoms with E-state index in [2.05, 4.69) is 15.3 Å². The minimum absolute atomic E-state index is 0.108. The van der Waals surface area contributed by atoms with Gasteiger partial charge in [-0.15, -0.1) is 0 Å². The number of nitrogens with zero attached hydrogens (tertiary/aromatic N) is 5. The van der Waals surface area contributed by atoms with Crippen LogP contribution in [0.3, 0.4) is 0 Å². The molecule has 5 aromatic rings. The summed E-state index contributed by atoms with van der Waals surface area (Å²) >= 11 is 0. The van der Waals surface area contributed by atoms with E-state index in [1.807, 2.05) is 27.7 Å². The molecular weight excluding hydrogens is 544 g/mol. The van der Waals surface area contributed by atoms with Gasteiger partial charge in [0, 0.05) is 35.5 Å². The monoisotopic (exact) mass is 574 g/mol. The number of aromatic nitrogens is 5. The van der Waals surface area contributed by atoms with Gasteiger partial charge in [-0.05, 0) is 36.6 Å². The third kappa shape index (κ3) is 5.68. The first-order valence-corrected chi connectivity index (χ1v) is 14.3. The van der Waals surface area contributed by atoms with Crippen molar-refractivity contribution < 1.29 is 22.4 Å². The predicted molar refractivity (Wildman–Crippen MR) is 154 cm³/mol. The Labute approximate surface area is 237 Å². The Hall–Kier alpha value is -4.58. The Morgan fingerprint density at radius 3 is 2.56 bits per heavy atom. The number of hydrogen-bond acceptors (Lipinski definition) is 10. The lowest BCUT2D eigenvalue weighted by atomic mass is 9.84. The van der Waals surface area contributed by atoms with Crippen molar-refractivity contribution in [1.29, 1.82) is 0 Å². The highest BCUT2D eigenvalue weighted by molar-refractivity contribution is 7.90. The second-order valence-electron chi connectivity index (χ2n) is 10.7. The minimum atomic E-state index is -4.00. The lowest BCUT2D eigenvalue weighted by molar-refractivity contribution is -0.141. The molecule has 4 aromatic heterocycles. The number of methoxy groups -OCH3 is 1. The van der Waals surface area contributed by atoms with Crippen molar-refractivity contribution in [2.45, 2.75) is 45.1 Å². The van der Waals surface area contributed by atoms with Crippen molar-refractivity contribution in [3.63, 3.8) is 0 Å². The van der Waals surface area contributed by atoms with Crippen LogP contribution >= 0.6 is 0 Å². The Morgan fingerprint density at radius 2 is 1.90 bits per heavy atom. The second-order valence-corrected chi connectivity index (χ2v) is 12.5. The number of furan rings is 1. The topological polar surface area (TPSA) is 142 Å². The zero-order valence-electron chi connectivity index (χ0n) is 23.3. The molecule has 1 aromatic carbocycles. The molecule has 0 fully saturated rings. The lowest BCUT2D eigenvalue weighted by Crippen LogP contribution is -2.36. The fraction of sp³-hybridized carbons (Fsp3) is 0.276. The third-order valence-corrected chi connectivity index (χ3v) is 8.39. The maximum atomic E-state index is 13.7. The van der Waals surface area contributed by atoms with Gasteiger partial charge in [-0.2, -0.15) is 0 Å². The summed E-state index contributed by atoms with van der Waals surface area (Å²) in [7, 11) is -2.65. The van der Waals surface area contributed by atoms with E-state index in [0.717, 1.165) is 9.54 Å². The molecule has 0 amide bonds. The van der Waals surface area contributed by atoms with Crippen LogP contribution in [-0.4, -0.2) is 51.4 Å². The van der Waals surface area contributed by atoms with Crippen molar-refractivity contribution >= 4 is 32.8 Å². The molecule has 0 aliphatic carbocycles. The van der Waals surface area contributed by atoms with Crippen LogP contribution in [0.5, 0.6) is 0 Å². The Balaban J connectivity index is 1.68. The van der Waals surface area contributed by atoms with Crippen LogP contribution in [0.25, 0.3) is 33.9 Å². The summed E-state index contributed by atoms with van der Waals surface area (Å²) in [4.78, 5) is 30.2. The number of rotatable bonds is 8. The first-order chi connectivity index (χ1) is 19.5. The zero-order chi connectivity index (χ0) is 29.4. The molecule has 1 unspecified atom stereocenters. The van der Waals surface area contributed by atoms with Gasteiger partial charge < -0.3 is 14.5 Å². The Morgan fingerprint density at radius 1 is 1.15 bits per heavy atom. The van der Waals surface area contributed by atoms with Crippen molar-refractivity contribution in [2.24, 2.45) is 5.41 Å². The molecule has 1 N–H and O–H groups in total. The fourth-order valence-electron chi connectivity index (χ4n) is 4.32. The SMILES string of the molecule is COC(=O)CC(Nc1cc(-c2ccco2)nc(-c2cn(S(=O)(=O)c3ccc(C)cc3)c3ncncc23)n1)C(C)(C)C. The molecule has 1 atom stereocenters. The van der Waals surface area contributed by atoms with Gasteiger partial charge in [0.25, 0.3) is 10.0 Å². The smallest absolute Gasteiger partial charge is 0.307 e.